The lowest BCUT2D eigenvalue weighted by Gasteiger charge is -1.97. The van der Waals surface area contributed by atoms with Crippen LogP contribution in [0.15, 0.2) is 5.51 Å². The number of thioether (sulfide) groups is 1. The van der Waals surface area contributed by atoms with Gasteiger partial charge in [-0.2, -0.15) is 0 Å². The molecule has 2 nitrogen and oxygen atoms in total. The molecular formula is C9H13NOS2. The Hall–Kier alpha value is -0.350. The molecule has 1 aromatic rings. The molecule has 4 heteroatoms. The van der Waals surface area contributed by atoms with Gasteiger partial charge in [-0.05, 0) is 13.3 Å². The van der Waals surface area contributed by atoms with Crippen molar-refractivity contribution in [1.29, 1.82) is 0 Å². The van der Waals surface area contributed by atoms with Crippen LogP contribution in [-0.2, 0) is 11.2 Å². The van der Waals surface area contributed by atoms with E-state index in [4.69, 9.17) is 0 Å². The lowest BCUT2D eigenvalue weighted by atomic mass is 10.3. The van der Waals surface area contributed by atoms with Crippen LogP contribution in [0.3, 0.4) is 0 Å². The molecule has 1 heterocycles. The van der Waals surface area contributed by atoms with E-state index < -0.39 is 0 Å². The van der Waals surface area contributed by atoms with E-state index in [2.05, 4.69) is 4.98 Å². The molecule has 0 aliphatic carbocycles. The quantitative estimate of drug-likeness (QED) is 0.773. The van der Waals surface area contributed by atoms with Crippen molar-refractivity contribution in [2.45, 2.75) is 26.7 Å². The first-order valence-electron chi connectivity index (χ1n) is 4.28. The Morgan fingerprint density at radius 2 is 2.46 bits per heavy atom. The summed E-state index contributed by atoms with van der Waals surface area (Å²) in [7, 11) is 0. The Kier molecular flexibility index (Phi) is 4.45. The highest BCUT2D eigenvalue weighted by molar-refractivity contribution is 8.13. The fraction of sp³-hybridized carbons (Fsp3) is 0.556. The van der Waals surface area contributed by atoms with Crippen LogP contribution in [0.25, 0.3) is 0 Å². The van der Waals surface area contributed by atoms with Crippen LogP contribution in [0, 0.1) is 6.92 Å². The fourth-order valence-electron chi connectivity index (χ4n) is 0.926. The van der Waals surface area contributed by atoms with Crippen molar-refractivity contribution in [3.8, 4) is 0 Å². The summed E-state index contributed by atoms with van der Waals surface area (Å²) in [5, 5.41) is 0.280. The van der Waals surface area contributed by atoms with Gasteiger partial charge < -0.3 is 0 Å². The molecule has 1 rings (SSSR count). The number of carbonyl (C=O) groups excluding carboxylic acids is 1. The maximum absolute atomic E-state index is 11.0. The zero-order chi connectivity index (χ0) is 9.68. The first kappa shape index (κ1) is 10.7. The summed E-state index contributed by atoms with van der Waals surface area (Å²) in [4.78, 5) is 16.4. The lowest BCUT2D eigenvalue weighted by Crippen LogP contribution is -1.93. The largest absolute Gasteiger partial charge is 0.287 e. The van der Waals surface area contributed by atoms with E-state index in [-0.39, 0.29) is 5.12 Å². The van der Waals surface area contributed by atoms with Crippen molar-refractivity contribution in [2.75, 3.05) is 5.75 Å². The summed E-state index contributed by atoms with van der Waals surface area (Å²) in [6, 6.07) is 0. The number of carbonyl (C=O) groups is 1. The maximum Gasteiger partial charge on any atom is 0.188 e. The first-order valence-corrected chi connectivity index (χ1v) is 6.15. The summed E-state index contributed by atoms with van der Waals surface area (Å²) in [5.74, 6) is 0.885. The Labute approximate surface area is 86.8 Å². The van der Waals surface area contributed by atoms with Crippen molar-refractivity contribution < 1.29 is 4.79 Å². The summed E-state index contributed by atoms with van der Waals surface area (Å²) < 4.78 is 0. The van der Waals surface area contributed by atoms with Crippen LogP contribution in [0.4, 0.5) is 0 Å². The van der Waals surface area contributed by atoms with E-state index in [1.807, 2.05) is 19.4 Å². The van der Waals surface area contributed by atoms with Gasteiger partial charge in [0.2, 0.25) is 0 Å². The first-order chi connectivity index (χ1) is 6.24. The summed E-state index contributed by atoms with van der Waals surface area (Å²) in [6.07, 6.45) is 1.60. The summed E-state index contributed by atoms with van der Waals surface area (Å²) >= 11 is 3.10. The van der Waals surface area contributed by atoms with Gasteiger partial charge in [0.25, 0.3) is 0 Å². The van der Waals surface area contributed by atoms with Crippen molar-refractivity contribution in [3.05, 3.63) is 16.1 Å². The number of aromatic nitrogens is 1. The lowest BCUT2D eigenvalue weighted by molar-refractivity contribution is -0.110. The van der Waals surface area contributed by atoms with Gasteiger partial charge in [-0.15, -0.1) is 11.3 Å². The Morgan fingerprint density at radius 3 is 3.00 bits per heavy atom. The highest BCUT2D eigenvalue weighted by atomic mass is 32.2. The van der Waals surface area contributed by atoms with Crippen LogP contribution < -0.4 is 0 Å². The molecular weight excluding hydrogens is 202 g/mol. The number of thiazole rings is 1. The van der Waals surface area contributed by atoms with Gasteiger partial charge >= 0.3 is 0 Å². The Morgan fingerprint density at radius 1 is 1.69 bits per heavy atom. The van der Waals surface area contributed by atoms with E-state index in [9.17, 15) is 4.79 Å². The van der Waals surface area contributed by atoms with Crippen molar-refractivity contribution in [2.24, 2.45) is 0 Å². The summed E-state index contributed by atoms with van der Waals surface area (Å²) in [5.41, 5.74) is 2.96. The van der Waals surface area contributed by atoms with Gasteiger partial charge in [-0.3, -0.25) is 4.79 Å². The monoisotopic (exact) mass is 215 g/mol. The van der Waals surface area contributed by atoms with Crippen LogP contribution in [0.5, 0.6) is 0 Å². The number of hydrogen-bond donors (Lipinski definition) is 0. The Bertz CT molecular complexity index is 283. The van der Waals surface area contributed by atoms with Crippen LogP contribution in [-0.4, -0.2) is 15.9 Å². The van der Waals surface area contributed by atoms with Gasteiger partial charge in [0.05, 0.1) is 11.2 Å². The second-order valence-electron chi connectivity index (χ2n) is 2.68. The fourth-order valence-corrected chi connectivity index (χ4v) is 2.57. The molecule has 0 spiro atoms. The van der Waals surface area contributed by atoms with Gasteiger partial charge in [0.15, 0.2) is 5.12 Å². The SMILES string of the molecule is CCC(=O)SCCc1scnc1C. The minimum absolute atomic E-state index is 0.280. The second kappa shape index (κ2) is 5.40. The molecule has 0 unspecified atom stereocenters. The average Bonchev–Trinajstić information content (AvgIpc) is 2.52. The smallest absolute Gasteiger partial charge is 0.188 e. The molecule has 0 amide bonds. The van der Waals surface area contributed by atoms with Crippen LogP contribution >= 0.6 is 23.1 Å². The minimum Gasteiger partial charge on any atom is -0.287 e. The molecule has 0 bridgehead atoms. The molecule has 13 heavy (non-hydrogen) atoms. The van der Waals surface area contributed by atoms with Crippen molar-refractivity contribution in [1.82, 2.24) is 4.98 Å². The van der Waals surface area contributed by atoms with Crippen molar-refractivity contribution in [3.63, 3.8) is 0 Å². The molecule has 0 saturated carbocycles. The number of hydrogen-bond acceptors (Lipinski definition) is 4. The zero-order valence-electron chi connectivity index (χ0n) is 7.87. The zero-order valence-corrected chi connectivity index (χ0v) is 9.50. The van der Waals surface area contributed by atoms with Crippen LogP contribution in [0.1, 0.15) is 23.9 Å². The molecule has 0 aliphatic heterocycles. The predicted octanol–water partition coefficient (Wildman–Crippen LogP) is 2.66. The molecule has 1 aromatic heterocycles. The van der Waals surface area contributed by atoms with Gasteiger partial charge in [-0.25, -0.2) is 4.98 Å². The van der Waals surface area contributed by atoms with Gasteiger partial charge in [-0.1, -0.05) is 18.7 Å². The van der Waals surface area contributed by atoms with Crippen LogP contribution in [0.2, 0.25) is 0 Å². The molecule has 0 aromatic carbocycles. The molecule has 0 radical (unpaired) electrons. The highest BCUT2D eigenvalue weighted by Gasteiger charge is 2.03. The predicted molar refractivity (Wildman–Crippen MR) is 58.3 cm³/mol. The van der Waals surface area contributed by atoms with E-state index in [1.54, 1.807) is 11.3 Å². The normalized spacial score (nSPS) is 10.3. The summed E-state index contributed by atoms with van der Waals surface area (Å²) in [6.45, 7) is 3.91. The third-order valence-corrected chi connectivity index (χ3v) is 3.74. The second-order valence-corrected chi connectivity index (χ2v) is 4.78. The maximum atomic E-state index is 11.0. The Balaban J connectivity index is 2.28. The topological polar surface area (TPSA) is 30.0 Å². The highest BCUT2D eigenvalue weighted by Crippen LogP contribution is 2.16. The van der Waals surface area contributed by atoms with Gasteiger partial charge in [0.1, 0.15) is 0 Å². The molecule has 0 atom stereocenters. The van der Waals surface area contributed by atoms with Crippen molar-refractivity contribution >= 4 is 28.2 Å². The number of aryl methyl sites for hydroxylation is 2. The standard InChI is InChI=1S/C9H13NOS2/c1-3-9(11)12-5-4-8-7(2)10-6-13-8/h6H,3-5H2,1-2H3. The molecule has 72 valence electrons. The van der Waals surface area contributed by atoms with Gasteiger partial charge in [0, 0.05) is 17.1 Å². The van der Waals surface area contributed by atoms with E-state index in [0.29, 0.717) is 6.42 Å². The van der Waals surface area contributed by atoms with E-state index in [0.717, 1.165) is 17.9 Å². The molecule has 0 fully saturated rings. The number of nitrogens with zero attached hydrogens (tertiary/aromatic N) is 1. The molecule has 0 aliphatic rings. The third kappa shape index (κ3) is 3.48. The molecule has 0 saturated heterocycles. The van der Waals surface area contributed by atoms with E-state index >= 15 is 0 Å². The minimum atomic E-state index is 0.280. The number of rotatable bonds is 4. The third-order valence-electron chi connectivity index (χ3n) is 1.73. The average molecular weight is 215 g/mol. The van der Waals surface area contributed by atoms with E-state index in [1.165, 1.54) is 16.6 Å². The molecule has 0 N–H and O–H groups in total.